The van der Waals surface area contributed by atoms with Gasteiger partial charge in [-0.25, -0.2) is 0 Å². The van der Waals surface area contributed by atoms with Crippen molar-refractivity contribution in [2.45, 2.75) is 46.6 Å². The van der Waals surface area contributed by atoms with Crippen molar-refractivity contribution in [2.75, 3.05) is 6.54 Å². The lowest BCUT2D eigenvalue weighted by Crippen LogP contribution is -2.42. The Morgan fingerprint density at radius 2 is 1.77 bits per heavy atom. The second kappa shape index (κ2) is 7.13. The lowest BCUT2D eigenvalue weighted by atomic mass is 10.2. The fourth-order valence-electron chi connectivity index (χ4n) is 1.03. The molecule has 2 nitrogen and oxygen atoms in total. The monoisotopic (exact) mass is 202 g/mol. The van der Waals surface area contributed by atoms with Gasteiger partial charge in [-0.2, -0.15) is 0 Å². The van der Waals surface area contributed by atoms with Gasteiger partial charge in [-0.1, -0.05) is 27.7 Å². The summed E-state index contributed by atoms with van der Waals surface area (Å²) in [6, 6.07) is 0.521. The van der Waals surface area contributed by atoms with Crippen LogP contribution in [0.2, 0.25) is 0 Å². The average Bonchev–Trinajstić information content (AvgIpc) is 2.10. The molecule has 0 amide bonds. The Hall–Kier alpha value is -0.310. The van der Waals surface area contributed by atoms with Crippen LogP contribution in [-0.2, 0) is 0 Å². The summed E-state index contributed by atoms with van der Waals surface area (Å²) in [5.41, 5.74) is 0. The molecule has 0 unspecified atom stereocenters. The first-order valence-corrected chi connectivity index (χ1v) is 5.55. The van der Waals surface area contributed by atoms with E-state index in [1.807, 2.05) is 0 Å². The zero-order valence-corrected chi connectivity index (χ0v) is 10.0. The topological polar surface area (TPSA) is 24.1 Å². The molecule has 0 saturated heterocycles. The molecule has 0 aromatic rings. The summed E-state index contributed by atoms with van der Waals surface area (Å²) in [5, 5.41) is 7.29. The first-order chi connectivity index (χ1) is 6.10. The van der Waals surface area contributed by atoms with Crippen LogP contribution in [0.3, 0.4) is 0 Å². The highest BCUT2D eigenvalue weighted by molar-refractivity contribution is 7.80. The van der Waals surface area contributed by atoms with Crippen LogP contribution >= 0.6 is 12.2 Å². The van der Waals surface area contributed by atoms with Crippen LogP contribution < -0.4 is 10.6 Å². The average molecular weight is 202 g/mol. The van der Waals surface area contributed by atoms with Crippen molar-refractivity contribution in [2.24, 2.45) is 5.92 Å². The highest BCUT2D eigenvalue weighted by atomic mass is 32.1. The minimum atomic E-state index is 0.521. The summed E-state index contributed by atoms with van der Waals surface area (Å²) < 4.78 is 0. The lowest BCUT2D eigenvalue weighted by Gasteiger charge is -2.18. The highest BCUT2D eigenvalue weighted by Gasteiger charge is 2.04. The molecule has 0 spiro atoms. The maximum atomic E-state index is 5.16. The van der Waals surface area contributed by atoms with E-state index in [0.717, 1.165) is 24.5 Å². The molecule has 0 atom stereocenters. The third kappa shape index (κ3) is 6.82. The predicted molar refractivity (Wildman–Crippen MR) is 62.9 cm³/mol. The normalized spacial score (nSPS) is 10.6. The molecule has 0 aromatic heterocycles. The van der Waals surface area contributed by atoms with Crippen molar-refractivity contribution in [3.63, 3.8) is 0 Å². The molecule has 0 radical (unpaired) electrons. The standard InChI is InChI=1S/C10H22N2S/c1-5-9(6-2)12-10(13)11-7-8(3)4/h8-9H,5-7H2,1-4H3,(H2,11,12,13). The maximum absolute atomic E-state index is 5.16. The van der Waals surface area contributed by atoms with Crippen LogP contribution in [0.25, 0.3) is 0 Å². The molecule has 0 aliphatic rings. The van der Waals surface area contributed by atoms with Crippen LogP contribution in [0, 0.1) is 5.92 Å². The van der Waals surface area contributed by atoms with Gasteiger partial charge >= 0.3 is 0 Å². The summed E-state index contributed by atoms with van der Waals surface area (Å²) in [7, 11) is 0. The largest absolute Gasteiger partial charge is 0.362 e. The molecule has 0 rings (SSSR count). The molecule has 13 heavy (non-hydrogen) atoms. The molecular weight excluding hydrogens is 180 g/mol. The first-order valence-electron chi connectivity index (χ1n) is 5.14. The van der Waals surface area contributed by atoms with Crippen LogP contribution in [-0.4, -0.2) is 17.7 Å². The van der Waals surface area contributed by atoms with Crippen molar-refractivity contribution in [1.29, 1.82) is 0 Å². The molecule has 78 valence electrons. The van der Waals surface area contributed by atoms with Gasteiger partial charge in [0.05, 0.1) is 0 Å². The lowest BCUT2D eigenvalue weighted by molar-refractivity contribution is 0.553. The minimum Gasteiger partial charge on any atom is -0.362 e. The van der Waals surface area contributed by atoms with E-state index in [9.17, 15) is 0 Å². The number of hydrogen-bond donors (Lipinski definition) is 2. The smallest absolute Gasteiger partial charge is 0.166 e. The Labute approximate surface area is 87.5 Å². The first kappa shape index (κ1) is 12.7. The van der Waals surface area contributed by atoms with E-state index >= 15 is 0 Å². The fraction of sp³-hybridized carbons (Fsp3) is 0.900. The van der Waals surface area contributed by atoms with Gasteiger partial charge in [-0.3, -0.25) is 0 Å². The van der Waals surface area contributed by atoms with E-state index < -0.39 is 0 Å². The van der Waals surface area contributed by atoms with Gasteiger partial charge in [0.15, 0.2) is 5.11 Å². The van der Waals surface area contributed by atoms with Crippen LogP contribution in [0.5, 0.6) is 0 Å². The van der Waals surface area contributed by atoms with Gasteiger partial charge in [-0.05, 0) is 31.0 Å². The quantitative estimate of drug-likeness (QED) is 0.669. The van der Waals surface area contributed by atoms with Gasteiger partial charge in [0, 0.05) is 12.6 Å². The van der Waals surface area contributed by atoms with Crippen LogP contribution in [0.1, 0.15) is 40.5 Å². The van der Waals surface area contributed by atoms with E-state index in [1.165, 1.54) is 0 Å². The Kier molecular flexibility index (Phi) is 6.96. The van der Waals surface area contributed by atoms with Crippen molar-refractivity contribution in [3.05, 3.63) is 0 Å². The molecular formula is C10H22N2S. The molecule has 0 heterocycles. The van der Waals surface area contributed by atoms with Crippen molar-refractivity contribution in [1.82, 2.24) is 10.6 Å². The molecule has 0 bridgehead atoms. The summed E-state index contributed by atoms with van der Waals surface area (Å²) in [5.74, 6) is 0.640. The van der Waals surface area contributed by atoms with E-state index in [0.29, 0.717) is 12.0 Å². The fourth-order valence-corrected chi connectivity index (χ4v) is 1.28. The molecule has 0 fully saturated rings. The highest BCUT2D eigenvalue weighted by Crippen LogP contribution is 1.95. The Morgan fingerprint density at radius 3 is 2.15 bits per heavy atom. The summed E-state index contributed by atoms with van der Waals surface area (Å²) in [6.45, 7) is 9.64. The SMILES string of the molecule is CCC(CC)NC(=S)NCC(C)C. The summed E-state index contributed by atoms with van der Waals surface area (Å²) >= 11 is 5.16. The van der Waals surface area contributed by atoms with Gasteiger partial charge < -0.3 is 10.6 Å². The Bertz CT molecular complexity index is 142. The zero-order valence-electron chi connectivity index (χ0n) is 9.18. The summed E-state index contributed by atoms with van der Waals surface area (Å²) in [6.07, 6.45) is 2.25. The molecule has 0 aliphatic carbocycles. The van der Waals surface area contributed by atoms with E-state index in [2.05, 4.69) is 38.3 Å². The van der Waals surface area contributed by atoms with Gasteiger partial charge in [-0.15, -0.1) is 0 Å². The van der Waals surface area contributed by atoms with E-state index in [4.69, 9.17) is 12.2 Å². The predicted octanol–water partition coefficient (Wildman–Crippen LogP) is 2.30. The molecule has 2 N–H and O–H groups in total. The number of rotatable bonds is 5. The molecule has 0 saturated carbocycles. The van der Waals surface area contributed by atoms with E-state index in [1.54, 1.807) is 0 Å². The van der Waals surface area contributed by atoms with Gasteiger partial charge in [0.2, 0.25) is 0 Å². The number of nitrogens with one attached hydrogen (secondary N) is 2. The third-order valence-electron chi connectivity index (χ3n) is 1.99. The van der Waals surface area contributed by atoms with Gasteiger partial charge in [0.1, 0.15) is 0 Å². The van der Waals surface area contributed by atoms with Crippen molar-refractivity contribution >= 4 is 17.3 Å². The Morgan fingerprint density at radius 1 is 1.23 bits per heavy atom. The second-order valence-electron chi connectivity index (χ2n) is 3.76. The van der Waals surface area contributed by atoms with Gasteiger partial charge in [0.25, 0.3) is 0 Å². The molecule has 3 heteroatoms. The van der Waals surface area contributed by atoms with E-state index in [-0.39, 0.29) is 0 Å². The van der Waals surface area contributed by atoms with Crippen LogP contribution in [0.4, 0.5) is 0 Å². The summed E-state index contributed by atoms with van der Waals surface area (Å²) in [4.78, 5) is 0. The molecule has 0 aliphatic heterocycles. The zero-order chi connectivity index (χ0) is 10.3. The minimum absolute atomic E-state index is 0.521. The third-order valence-corrected chi connectivity index (χ3v) is 2.25. The van der Waals surface area contributed by atoms with Crippen molar-refractivity contribution in [3.8, 4) is 0 Å². The number of hydrogen-bond acceptors (Lipinski definition) is 1. The number of thiocarbonyl (C=S) groups is 1. The molecule has 0 aromatic carbocycles. The second-order valence-corrected chi connectivity index (χ2v) is 4.17. The van der Waals surface area contributed by atoms with Crippen LogP contribution in [0.15, 0.2) is 0 Å². The maximum Gasteiger partial charge on any atom is 0.166 e. The Balaban J connectivity index is 3.60. The van der Waals surface area contributed by atoms with Crippen molar-refractivity contribution < 1.29 is 0 Å².